The minimum atomic E-state index is 0.0321. The highest BCUT2D eigenvalue weighted by atomic mass is 79.9. The van der Waals surface area contributed by atoms with Crippen molar-refractivity contribution in [3.63, 3.8) is 0 Å². The van der Waals surface area contributed by atoms with Gasteiger partial charge in [0, 0.05) is 28.7 Å². The van der Waals surface area contributed by atoms with Gasteiger partial charge in [-0.2, -0.15) is 0 Å². The van der Waals surface area contributed by atoms with Crippen LogP contribution in [0.4, 0.5) is 0 Å². The zero-order valence-corrected chi connectivity index (χ0v) is 12.2. The van der Waals surface area contributed by atoms with E-state index in [-0.39, 0.29) is 18.0 Å². The second kappa shape index (κ2) is 5.85. The number of carbonyl (C=O) groups excluding carboxylic acids is 1. The van der Waals surface area contributed by atoms with Crippen LogP contribution < -0.4 is 5.73 Å². The highest BCUT2D eigenvalue weighted by Crippen LogP contribution is 2.22. The Hall–Kier alpha value is -0.870. The predicted octanol–water partition coefficient (Wildman–Crippen LogP) is 2.79. The molecule has 1 aliphatic heterocycles. The van der Waals surface area contributed by atoms with Crippen LogP contribution in [-0.4, -0.2) is 29.4 Å². The molecule has 2 N–H and O–H groups in total. The molecule has 4 heteroatoms. The Bertz CT molecular complexity index is 416. The van der Waals surface area contributed by atoms with E-state index < -0.39 is 0 Å². The highest BCUT2D eigenvalue weighted by molar-refractivity contribution is 9.10. The van der Waals surface area contributed by atoms with Gasteiger partial charge in [-0.1, -0.05) is 15.9 Å². The molecule has 1 saturated heterocycles. The Balaban J connectivity index is 2.18. The number of likely N-dealkylation sites (tertiary alicyclic amines) is 1. The van der Waals surface area contributed by atoms with E-state index in [0.717, 1.165) is 35.8 Å². The fraction of sp³-hybridized carbons (Fsp3) is 0.500. The molecule has 0 aliphatic carbocycles. The van der Waals surface area contributed by atoms with Gasteiger partial charge in [0.05, 0.1) is 0 Å². The minimum absolute atomic E-state index is 0.0321. The standard InChI is InChI=1S/C14H19BrN2O/c1-10(16)13-4-2-3-9-17(13)14(18)11-5-7-12(15)8-6-11/h5-8,10,13H,2-4,9,16H2,1H3. The molecule has 1 amide bonds. The van der Waals surface area contributed by atoms with Crippen molar-refractivity contribution in [2.45, 2.75) is 38.3 Å². The van der Waals surface area contributed by atoms with Crippen molar-refractivity contribution >= 4 is 21.8 Å². The summed E-state index contributed by atoms with van der Waals surface area (Å²) < 4.78 is 0.987. The first-order valence-electron chi connectivity index (χ1n) is 6.41. The van der Waals surface area contributed by atoms with Crippen LogP contribution in [0.25, 0.3) is 0 Å². The second-order valence-electron chi connectivity index (χ2n) is 4.93. The summed E-state index contributed by atoms with van der Waals surface area (Å²) in [6, 6.07) is 7.73. The number of nitrogens with zero attached hydrogens (tertiary/aromatic N) is 1. The summed E-state index contributed by atoms with van der Waals surface area (Å²) >= 11 is 3.38. The van der Waals surface area contributed by atoms with E-state index in [1.54, 1.807) is 0 Å². The molecular formula is C14H19BrN2O. The molecule has 0 bridgehead atoms. The van der Waals surface area contributed by atoms with Gasteiger partial charge in [-0.25, -0.2) is 0 Å². The van der Waals surface area contributed by atoms with E-state index in [1.165, 1.54) is 0 Å². The van der Waals surface area contributed by atoms with Crippen LogP contribution in [0.5, 0.6) is 0 Å². The van der Waals surface area contributed by atoms with E-state index in [1.807, 2.05) is 36.1 Å². The molecule has 1 aliphatic rings. The minimum Gasteiger partial charge on any atom is -0.334 e. The fourth-order valence-electron chi connectivity index (χ4n) is 2.51. The monoisotopic (exact) mass is 310 g/mol. The first-order valence-corrected chi connectivity index (χ1v) is 7.21. The van der Waals surface area contributed by atoms with E-state index in [4.69, 9.17) is 5.73 Å². The summed E-state index contributed by atoms with van der Waals surface area (Å²) in [6.45, 7) is 2.80. The number of benzene rings is 1. The van der Waals surface area contributed by atoms with Gasteiger partial charge in [0.25, 0.3) is 5.91 Å². The molecule has 1 aromatic carbocycles. The maximum absolute atomic E-state index is 12.5. The van der Waals surface area contributed by atoms with E-state index >= 15 is 0 Å². The molecule has 0 aromatic heterocycles. The average Bonchev–Trinajstić information content (AvgIpc) is 2.39. The molecule has 0 radical (unpaired) electrons. The van der Waals surface area contributed by atoms with Gasteiger partial charge in [0.2, 0.25) is 0 Å². The van der Waals surface area contributed by atoms with Gasteiger partial charge in [-0.15, -0.1) is 0 Å². The Kier molecular flexibility index (Phi) is 4.40. The third kappa shape index (κ3) is 2.93. The number of nitrogens with two attached hydrogens (primary N) is 1. The number of rotatable bonds is 2. The molecule has 1 heterocycles. The summed E-state index contributed by atoms with van der Waals surface area (Å²) in [5.41, 5.74) is 6.74. The van der Waals surface area contributed by atoms with Gasteiger partial charge in [0.15, 0.2) is 0 Å². The van der Waals surface area contributed by atoms with Crippen molar-refractivity contribution in [3.8, 4) is 0 Å². The molecule has 3 nitrogen and oxygen atoms in total. The van der Waals surface area contributed by atoms with Crippen LogP contribution in [0, 0.1) is 0 Å². The van der Waals surface area contributed by atoms with Gasteiger partial charge in [-0.3, -0.25) is 4.79 Å². The second-order valence-corrected chi connectivity index (χ2v) is 5.84. The van der Waals surface area contributed by atoms with Crippen LogP contribution in [0.15, 0.2) is 28.7 Å². The SMILES string of the molecule is CC(N)C1CCCCN1C(=O)c1ccc(Br)cc1. The summed E-state index contributed by atoms with van der Waals surface area (Å²) in [4.78, 5) is 14.4. The van der Waals surface area contributed by atoms with Gasteiger partial charge >= 0.3 is 0 Å². The number of hydrogen-bond acceptors (Lipinski definition) is 2. The van der Waals surface area contributed by atoms with Crippen molar-refractivity contribution in [2.75, 3.05) is 6.54 Å². The van der Waals surface area contributed by atoms with E-state index in [9.17, 15) is 4.79 Å². The highest BCUT2D eigenvalue weighted by Gasteiger charge is 2.29. The number of carbonyl (C=O) groups is 1. The Labute approximate surface area is 116 Å². The molecule has 0 spiro atoms. The van der Waals surface area contributed by atoms with Crippen LogP contribution in [0.3, 0.4) is 0 Å². The number of hydrogen-bond donors (Lipinski definition) is 1. The van der Waals surface area contributed by atoms with Crippen molar-refractivity contribution in [1.29, 1.82) is 0 Å². The maximum Gasteiger partial charge on any atom is 0.254 e. The molecule has 18 heavy (non-hydrogen) atoms. The summed E-state index contributed by atoms with van der Waals surface area (Å²) in [6.07, 6.45) is 3.25. The molecule has 98 valence electrons. The molecule has 2 rings (SSSR count). The van der Waals surface area contributed by atoms with E-state index in [0.29, 0.717) is 0 Å². The summed E-state index contributed by atoms with van der Waals surface area (Å²) in [7, 11) is 0. The molecule has 2 atom stereocenters. The first kappa shape index (κ1) is 13.6. The summed E-state index contributed by atoms with van der Waals surface area (Å²) in [5, 5.41) is 0. The van der Waals surface area contributed by atoms with Gasteiger partial charge < -0.3 is 10.6 Å². The van der Waals surface area contributed by atoms with Gasteiger partial charge in [0.1, 0.15) is 0 Å². The lowest BCUT2D eigenvalue weighted by Crippen LogP contribution is -2.51. The third-order valence-corrected chi connectivity index (χ3v) is 4.04. The zero-order chi connectivity index (χ0) is 13.1. The number of halogens is 1. The third-order valence-electron chi connectivity index (χ3n) is 3.51. The Morgan fingerprint density at radius 1 is 1.39 bits per heavy atom. The molecule has 2 unspecified atom stereocenters. The predicted molar refractivity (Wildman–Crippen MR) is 76.5 cm³/mol. The Morgan fingerprint density at radius 3 is 2.67 bits per heavy atom. The summed E-state index contributed by atoms with van der Waals surface area (Å²) in [5.74, 6) is 0.101. The van der Waals surface area contributed by atoms with Gasteiger partial charge in [-0.05, 0) is 50.5 Å². The lowest BCUT2D eigenvalue weighted by molar-refractivity contribution is 0.0584. The molecule has 1 fully saturated rings. The van der Waals surface area contributed by atoms with Crippen LogP contribution >= 0.6 is 15.9 Å². The van der Waals surface area contributed by atoms with Crippen molar-refractivity contribution < 1.29 is 4.79 Å². The molecule has 1 aromatic rings. The van der Waals surface area contributed by atoms with Crippen molar-refractivity contribution in [1.82, 2.24) is 4.90 Å². The molecular weight excluding hydrogens is 292 g/mol. The number of amides is 1. The van der Waals surface area contributed by atoms with Crippen molar-refractivity contribution in [3.05, 3.63) is 34.3 Å². The maximum atomic E-state index is 12.5. The van der Waals surface area contributed by atoms with Crippen LogP contribution in [0.1, 0.15) is 36.5 Å². The topological polar surface area (TPSA) is 46.3 Å². The normalized spacial score (nSPS) is 21.7. The fourth-order valence-corrected chi connectivity index (χ4v) is 2.78. The van der Waals surface area contributed by atoms with Crippen LogP contribution in [0.2, 0.25) is 0 Å². The zero-order valence-electron chi connectivity index (χ0n) is 10.6. The quantitative estimate of drug-likeness (QED) is 0.913. The number of piperidine rings is 1. The molecule has 0 saturated carbocycles. The lowest BCUT2D eigenvalue weighted by atomic mass is 9.96. The van der Waals surface area contributed by atoms with E-state index in [2.05, 4.69) is 15.9 Å². The largest absolute Gasteiger partial charge is 0.334 e. The lowest BCUT2D eigenvalue weighted by Gasteiger charge is -2.38. The average molecular weight is 311 g/mol. The Morgan fingerprint density at radius 2 is 2.06 bits per heavy atom. The van der Waals surface area contributed by atoms with Crippen LogP contribution in [-0.2, 0) is 0 Å². The van der Waals surface area contributed by atoms with Crippen molar-refractivity contribution in [2.24, 2.45) is 5.73 Å². The smallest absolute Gasteiger partial charge is 0.254 e. The first-order chi connectivity index (χ1) is 8.59.